The van der Waals surface area contributed by atoms with Crippen molar-refractivity contribution in [1.82, 2.24) is 0 Å². The molecule has 0 atom stereocenters. The minimum Gasteiger partial charge on any atom is -0.466 e. The Kier molecular flexibility index (Phi) is 5.50. The minimum absolute atomic E-state index is 0.0885. The second-order valence-electron chi connectivity index (χ2n) is 6.95. The molecule has 21 heavy (non-hydrogen) atoms. The highest BCUT2D eigenvalue weighted by atomic mass is 16.5. The molecule has 0 aliphatic heterocycles. The average Bonchev–Trinajstić information content (AvgIpc) is 2.55. The molecule has 0 spiro atoms. The van der Waals surface area contributed by atoms with Crippen LogP contribution in [0.15, 0.2) is 24.7 Å². The van der Waals surface area contributed by atoms with Crippen LogP contribution in [0.25, 0.3) is 0 Å². The zero-order chi connectivity index (χ0) is 15.3. The van der Waals surface area contributed by atoms with E-state index in [4.69, 9.17) is 4.74 Å². The SMILES string of the molecule is C=C(OC(=C)C1(CO)CCCCC1)C1(CO)CCCCC1. The molecule has 2 aliphatic rings. The molecule has 3 nitrogen and oxygen atoms in total. The van der Waals surface area contributed by atoms with Crippen molar-refractivity contribution in [1.29, 1.82) is 0 Å². The summed E-state index contributed by atoms with van der Waals surface area (Å²) in [5, 5.41) is 19.7. The summed E-state index contributed by atoms with van der Waals surface area (Å²) in [6.07, 6.45) is 10.6. The van der Waals surface area contributed by atoms with Crippen LogP contribution in [-0.2, 0) is 4.74 Å². The normalized spacial score (nSPS) is 24.3. The van der Waals surface area contributed by atoms with Crippen molar-refractivity contribution >= 4 is 0 Å². The van der Waals surface area contributed by atoms with Crippen LogP contribution in [0.3, 0.4) is 0 Å². The smallest absolute Gasteiger partial charge is 0.105 e. The molecule has 2 fully saturated rings. The van der Waals surface area contributed by atoms with E-state index in [9.17, 15) is 10.2 Å². The molecule has 2 aliphatic carbocycles. The van der Waals surface area contributed by atoms with Gasteiger partial charge in [0.1, 0.15) is 11.5 Å². The zero-order valence-corrected chi connectivity index (χ0v) is 13.2. The van der Waals surface area contributed by atoms with E-state index in [1.165, 1.54) is 12.8 Å². The minimum atomic E-state index is -0.313. The predicted molar refractivity (Wildman–Crippen MR) is 84.6 cm³/mol. The summed E-state index contributed by atoms with van der Waals surface area (Å²) in [5.74, 6) is 1.29. The van der Waals surface area contributed by atoms with Gasteiger partial charge in [0.15, 0.2) is 0 Å². The molecule has 0 amide bonds. The molecular weight excluding hydrogens is 264 g/mol. The number of aliphatic hydroxyl groups excluding tert-OH is 2. The predicted octanol–water partition coefficient (Wildman–Crippen LogP) is 3.92. The van der Waals surface area contributed by atoms with Crippen LogP contribution in [0, 0.1) is 10.8 Å². The monoisotopic (exact) mass is 294 g/mol. The van der Waals surface area contributed by atoms with E-state index in [0.29, 0.717) is 11.5 Å². The largest absolute Gasteiger partial charge is 0.466 e. The Hall–Kier alpha value is -0.800. The maximum atomic E-state index is 9.84. The fourth-order valence-corrected chi connectivity index (χ4v) is 3.87. The lowest BCUT2D eigenvalue weighted by Gasteiger charge is -2.41. The molecule has 3 heteroatoms. The van der Waals surface area contributed by atoms with Crippen LogP contribution in [0.2, 0.25) is 0 Å². The molecule has 0 bridgehead atoms. The van der Waals surface area contributed by atoms with Gasteiger partial charge in [-0.05, 0) is 25.7 Å². The molecule has 0 aromatic rings. The van der Waals surface area contributed by atoms with Crippen molar-refractivity contribution in [3.05, 3.63) is 24.7 Å². The Morgan fingerprint density at radius 2 is 1.05 bits per heavy atom. The Morgan fingerprint density at radius 3 is 1.33 bits per heavy atom. The van der Waals surface area contributed by atoms with Gasteiger partial charge in [-0.1, -0.05) is 51.7 Å². The third-order valence-corrected chi connectivity index (χ3v) is 5.66. The first-order chi connectivity index (χ1) is 10.1. The summed E-state index contributed by atoms with van der Waals surface area (Å²) in [5.41, 5.74) is -0.626. The van der Waals surface area contributed by atoms with Crippen LogP contribution in [-0.4, -0.2) is 23.4 Å². The standard InChI is InChI=1S/C18H30O3/c1-15(17(13-19)9-5-3-6-10-17)21-16(2)18(14-20)11-7-4-8-12-18/h19-20H,1-14H2. The molecule has 0 radical (unpaired) electrons. The van der Waals surface area contributed by atoms with Gasteiger partial charge in [-0.2, -0.15) is 0 Å². The first-order valence-corrected chi connectivity index (χ1v) is 8.37. The van der Waals surface area contributed by atoms with E-state index >= 15 is 0 Å². The van der Waals surface area contributed by atoms with Crippen LogP contribution < -0.4 is 0 Å². The highest BCUT2D eigenvalue weighted by Crippen LogP contribution is 2.47. The summed E-state index contributed by atoms with van der Waals surface area (Å²) >= 11 is 0. The van der Waals surface area contributed by atoms with Crippen LogP contribution in [0.5, 0.6) is 0 Å². The van der Waals surface area contributed by atoms with Gasteiger partial charge >= 0.3 is 0 Å². The van der Waals surface area contributed by atoms with Gasteiger partial charge in [-0.15, -0.1) is 0 Å². The summed E-state index contributed by atoms with van der Waals surface area (Å²) in [4.78, 5) is 0. The molecular formula is C18H30O3. The average molecular weight is 294 g/mol. The maximum Gasteiger partial charge on any atom is 0.105 e. The number of hydrogen-bond donors (Lipinski definition) is 2. The van der Waals surface area contributed by atoms with Gasteiger partial charge in [0, 0.05) is 0 Å². The fourth-order valence-electron chi connectivity index (χ4n) is 3.87. The van der Waals surface area contributed by atoms with Gasteiger partial charge in [0.05, 0.1) is 24.0 Å². The number of aliphatic hydroxyl groups is 2. The third kappa shape index (κ3) is 3.35. The topological polar surface area (TPSA) is 49.7 Å². The molecule has 0 unspecified atom stereocenters. The maximum absolute atomic E-state index is 9.84. The van der Waals surface area contributed by atoms with Gasteiger partial charge < -0.3 is 14.9 Å². The van der Waals surface area contributed by atoms with E-state index < -0.39 is 0 Å². The van der Waals surface area contributed by atoms with E-state index in [1.54, 1.807) is 0 Å². The Balaban J connectivity index is 2.05. The third-order valence-electron chi connectivity index (χ3n) is 5.66. The Bertz CT molecular complexity index is 338. The molecule has 0 saturated heterocycles. The molecule has 0 aromatic carbocycles. The molecule has 2 saturated carbocycles. The van der Waals surface area contributed by atoms with E-state index in [-0.39, 0.29) is 24.0 Å². The zero-order valence-electron chi connectivity index (χ0n) is 13.2. The van der Waals surface area contributed by atoms with Crippen LogP contribution in [0.1, 0.15) is 64.2 Å². The van der Waals surface area contributed by atoms with Crippen LogP contribution >= 0.6 is 0 Å². The lowest BCUT2D eigenvalue weighted by molar-refractivity contribution is 0.0217. The second-order valence-corrected chi connectivity index (χ2v) is 6.95. The first-order valence-electron chi connectivity index (χ1n) is 8.37. The lowest BCUT2D eigenvalue weighted by Crippen LogP contribution is -2.35. The molecule has 120 valence electrons. The van der Waals surface area contributed by atoms with Crippen molar-refractivity contribution in [2.75, 3.05) is 13.2 Å². The van der Waals surface area contributed by atoms with E-state index in [0.717, 1.165) is 51.4 Å². The van der Waals surface area contributed by atoms with Crippen molar-refractivity contribution in [2.45, 2.75) is 64.2 Å². The second kappa shape index (κ2) is 6.97. The fraction of sp³-hybridized carbons (Fsp3) is 0.778. The quantitative estimate of drug-likeness (QED) is 0.730. The van der Waals surface area contributed by atoms with Crippen molar-refractivity contribution in [3.8, 4) is 0 Å². The summed E-state index contributed by atoms with van der Waals surface area (Å²) in [7, 11) is 0. The van der Waals surface area contributed by atoms with Gasteiger partial charge in [-0.3, -0.25) is 0 Å². The lowest BCUT2D eigenvalue weighted by atomic mass is 9.72. The van der Waals surface area contributed by atoms with Crippen LogP contribution in [0.4, 0.5) is 0 Å². The van der Waals surface area contributed by atoms with Crippen molar-refractivity contribution < 1.29 is 14.9 Å². The Morgan fingerprint density at radius 1 is 0.714 bits per heavy atom. The highest BCUT2D eigenvalue weighted by Gasteiger charge is 2.40. The van der Waals surface area contributed by atoms with Crippen molar-refractivity contribution in [2.24, 2.45) is 10.8 Å². The van der Waals surface area contributed by atoms with Gasteiger partial charge in [0.2, 0.25) is 0 Å². The molecule has 2 N–H and O–H groups in total. The van der Waals surface area contributed by atoms with Gasteiger partial charge in [0.25, 0.3) is 0 Å². The summed E-state index contributed by atoms with van der Waals surface area (Å²) in [6.45, 7) is 8.37. The number of hydrogen-bond acceptors (Lipinski definition) is 3. The summed E-state index contributed by atoms with van der Waals surface area (Å²) < 4.78 is 6.01. The first kappa shape index (κ1) is 16.6. The Labute approximate surface area is 128 Å². The number of ether oxygens (including phenoxy) is 1. The molecule has 0 heterocycles. The van der Waals surface area contributed by atoms with Gasteiger partial charge in [-0.25, -0.2) is 0 Å². The highest BCUT2D eigenvalue weighted by molar-refractivity contribution is 5.13. The molecule has 0 aromatic heterocycles. The van der Waals surface area contributed by atoms with E-state index in [2.05, 4.69) is 13.2 Å². The van der Waals surface area contributed by atoms with Crippen molar-refractivity contribution in [3.63, 3.8) is 0 Å². The number of rotatable bonds is 6. The summed E-state index contributed by atoms with van der Waals surface area (Å²) in [6, 6.07) is 0. The molecule has 2 rings (SSSR count). The van der Waals surface area contributed by atoms with E-state index in [1.807, 2.05) is 0 Å².